The number of benzene rings is 2. The van der Waals surface area contributed by atoms with E-state index in [1.807, 2.05) is 25.1 Å². The van der Waals surface area contributed by atoms with E-state index in [1.165, 1.54) is 0 Å². The molecular weight excluding hydrogens is 372 g/mol. The highest BCUT2D eigenvalue weighted by Gasteiger charge is 2.49. The van der Waals surface area contributed by atoms with E-state index in [0.717, 1.165) is 10.6 Å². The molecule has 0 aliphatic carbocycles. The maximum absolute atomic E-state index is 12.8. The van der Waals surface area contributed by atoms with Crippen LogP contribution in [0, 0.1) is 6.92 Å². The first-order valence-electron chi connectivity index (χ1n) is 7.88. The largest absolute Gasteiger partial charge is 0.344 e. The summed E-state index contributed by atoms with van der Waals surface area (Å²) in [6.45, 7) is 3.50. The van der Waals surface area contributed by atoms with Crippen LogP contribution in [0.3, 0.4) is 0 Å². The Kier molecular flexibility index (Phi) is 4.84. The van der Waals surface area contributed by atoms with Gasteiger partial charge < -0.3 is 10.6 Å². The van der Waals surface area contributed by atoms with E-state index >= 15 is 0 Å². The smallest absolute Gasteiger partial charge is 0.331 e. The average Bonchev–Trinajstić information content (AvgIpc) is 2.84. The average molecular weight is 389 g/mol. The first-order chi connectivity index (χ1) is 12.3. The number of urea groups is 1. The molecule has 134 valence electrons. The Bertz CT molecular complexity index is 890. The number of rotatable bonds is 3. The van der Waals surface area contributed by atoms with Crippen LogP contribution in [-0.4, -0.2) is 22.1 Å². The zero-order chi connectivity index (χ0) is 18.9. The Morgan fingerprint density at radius 1 is 1.15 bits per heavy atom. The molecule has 8 heteroatoms. The molecule has 0 aromatic heterocycles. The third-order valence-electron chi connectivity index (χ3n) is 4.27. The third-order valence-corrected chi connectivity index (χ3v) is 4.87. The van der Waals surface area contributed by atoms with Crippen molar-refractivity contribution in [3.63, 3.8) is 0 Å². The van der Waals surface area contributed by atoms with E-state index in [4.69, 9.17) is 23.8 Å². The number of hydrazine groups is 1. The van der Waals surface area contributed by atoms with Crippen molar-refractivity contribution >= 4 is 46.6 Å². The molecule has 3 rings (SSSR count). The van der Waals surface area contributed by atoms with Gasteiger partial charge >= 0.3 is 6.03 Å². The summed E-state index contributed by atoms with van der Waals surface area (Å²) in [5, 5.41) is 7.22. The zero-order valence-electron chi connectivity index (χ0n) is 14.2. The lowest BCUT2D eigenvalue weighted by atomic mass is 9.92. The number of carbonyl (C=O) groups excluding carboxylic acids is 2. The molecule has 1 aliphatic heterocycles. The van der Waals surface area contributed by atoms with Gasteiger partial charge in [-0.2, -0.15) is 5.01 Å². The monoisotopic (exact) mass is 388 g/mol. The number of carbonyl (C=O) groups is 2. The van der Waals surface area contributed by atoms with Crippen molar-refractivity contribution in [1.82, 2.24) is 15.8 Å². The highest BCUT2D eigenvalue weighted by Crippen LogP contribution is 2.28. The minimum atomic E-state index is -1.16. The van der Waals surface area contributed by atoms with Crippen molar-refractivity contribution in [3.05, 3.63) is 64.7 Å². The number of hydrogen-bond donors (Lipinski definition) is 3. The first-order valence-corrected chi connectivity index (χ1v) is 8.66. The number of imide groups is 1. The molecule has 1 atom stereocenters. The van der Waals surface area contributed by atoms with Crippen LogP contribution in [0.5, 0.6) is 0 Å². The highest BCUT2D eigenvalue weighted by atomic mass is 35.5. The van der Waals surface area contributed by atoms with E-state index in [-0.39, 0.29) is 5.11 Å². The van der Waals surface area contributed by atoms with E-state index in [2.05, 4.69) is 16.1 Å². The molecule has 1 aliphatic rings. The fraction of sp³-hybridized carbons (Fsp3) is 0.167. The third kappa shape index (κ3) is 3.23. The number of amides is 3. The van der Waals surface area contributed by atoms with Crippen LogP contribution >= 0.6 is 23.8 Å². The molecule has 1 saturated heterocycles. The molecule has 26 heavy (non-hydrogen) atoms. The second kappa shape index (κ2) is 6.93. The molecule has 0 spiro atoms. The summed E-state index contributed by atoms with van der Waals surface area (Å²) in [5.74, 6) is -0.444. The molecule has 2 aromatic carbocycles. The molecule has 0 bridgehead atoms. The maximum atomic E-state index is 12.8. The van der Waals surface area contributed by atoms with Gasteiger partial charge in [0.2, 0.25) is 0 Å². The zero-order valence-corrected chi connectivity index (χ0v) is 15.7. The van der Waals surface area contributed by atoms with Crippen molar-refractivity contribution < 1.29 is 9.59 Å². The van der Waals surface area contributed by atoms with Crippen LogP contribution < -0.4 is 16.1 Å². The van der Waals surface area contributed by atoms with Gasteiger partial charge in [-0.1, -0.05) is 48.0 Å². The molecule has 3 N–H and O–H groups in total. The Morgan fingerprint density at radius 3 is 2.54 bits per heavy atom. The number of halogens is 1. The van der Waals surface area contributed by atoms with Gasteiger partial charge in [0, 0.05) is 10.7 Å². The lowest BCUT2D eigenvalue weighted by Crippen LogP contribution is -2.49. The van der Waals surface area contributed by atoms with Crippen molar-refractivity contribution in [2.24, 2.45) is 0 Å². The van der Waals surface area contributed by atoms with E-state index in [9.17, 15) is 9.59 Å². The second-order valence-electron chi connectivity index (χ2n) is 6.04. The van der Waals surface area contributed by atoms with Crippen LogP contribution in [0.15, 0.2) is 48.5 Å². The molecule has 1 fully saturated rings. The highest BCUT2D eigenvalue weighted by molar-refractivity contribution is 7.80. The minimum absolute atomic E-state index is 0.108. The molecule has 1 heterocycles. The van der Waals surface area contributed by atoms with E-state index < -0.39 is 17.5 Å². The van der Waals surface area contributed by atoms with Crippen LogP contribution in [0.4, 0.5) is 10.5 Å². The molecule has 2 aromatic rings. The van der Waals surface area contributed by atoms with Crippen molar-refractivity contribution in [3.8, 4) is 0 Å². The van der Waals surface area contributed by atoms with Gasteiger partial charge in [0.1, 0.15) is 5.54 Å². The molecule has 0 saturated carbocycles. The number of anilines is 1. The standard InChI is InChI=1S/C18H17ClN4O2S/c1-11-13(19)9-6-10-14(11)20-16(26)22-23-15(24)18(2,21-17(23)25)12-7-4-3-5-8-12/h3-10H,1-2H3,(H,21,25)(H2,20,22,26)/t18-/m1/s1. The van der Waals surface area contributed by atoms with Gasteiger partial charge in [-0.3, -0.25) is 10.2 Å². The van der Waals surface area contributed by atoms with E-state index in [0.29, 0.717) is 16.3 Å². The summed E-state index contributed by atoms with van der Waals surface area (Å²) >= 11 is 11.3. The summed E-state index contributed by atoms with van der Waals surface area (Å²) < 4.78 is 0. The fourth-order valence-corrected chi connectivity index (χ4v) is 3.08. The fourth-order valence-electron chi connectivity index (χ4n) is 2.70. The Labute approximate surface area is 161 Å². The summed E-state index contributed by atoms with van der Waals surface area (Å²) in [7, 11) is 0. The summed E-state index contributed by atoms with van der Waals surface area (Å²) in [4.78, 5) is 25.1. The van der Waals surface area contributed by atoms with Gasteiger partial charge in [-0.15, -0.1) is 0 Å². The summed E-state index contributed by atoms with van der Waals surface area (Å²) in [6.07, 6.45) is 0. The maximum Gasteiger partial charge on any atom is 0.344 e. The number of nitrogens with zero attached hydrogens (tertiary/aromatic N) is 1. The van der Waals surface area contributed by atoms with Crippen LogP contribution in [0.25, 0.3) is 0 Å². The molecule has 0 unspecified atom stereocenters. The normalized spacial score (nSPS) is 19.3. The SMILES string of the molecule is Cc1c(Cl)cccc1NC(=S)NN1C(=O)N[C@](C)(c2ccccc2)C1=O. The Morgan fingerprint density at radius 2 is 1.85 bits per heavy atom. The predicted molar refractivity (Wildman–Crippen MR) is 105 cm³/mol. The Hall–Kier alpha value is -2.64. The molecule has 6 nitrogen and oxygen atoms in total. The van der Waals surface area contributed by atoms with Crippen molar-refractivity contribution in [2.75, 3.05) is 5.32 Å². The summed E-state index contributed by atoms with van der Waals surface area (Å²) in [6, 6.07) is 13.8. The second-order valence-corrected chi connectivity index (χ2v) is 6.86. The van der Waals surface area contributed by atoms with Gasteiger partial charge in [-0.05, 0) is 49.3 Å². The van der Waals surface area contributed by atoms with Gasteiger partial charge in [0.25, 0.3) is 5.91 Å². The minimum Gasteiger partial charge on any atom is -0.331 e. The topological polar surface area (TPSA) is 73.5 Å². The lowest BCUT2D eigenvalue weighted by Gasteiger charge is -2.22. The number of thiocarbonyl (C=S) groups is 1. The lowest BCUT2D eigenvalue weighted by molar-refractivity contribution is -0.132. The van der Waals surface area contributed by atoms with E-state index in [1.54, 1.807) is 37.3 Å². The Balaban J connectivity index is 1.76. The van der Waals surface area contributed by atoms with Gasteiger partial charge in [-0.25, -0.2) is 4.79 Å². The van der Waals surface area contributed by atoms with Crippen LogP contribution in [-0.2, 0) is 10.3 Å². The van der Waals surface area contributed by atoms with Crippen molar-refractivity contribution in [2.45, 2.75) is 19.4 Å². The number of nitrogens with one attached hydrogen (secondary N) is 3. The molecular formula is C18H17ClN4O2S. The van der Waals surface area contributed by atoms with Crippen LogP contribution in [0.2, 0.25) is 5.02 Å². The number of hydrogen-bond acceptors (Lipinski definition) is 3. The van der Waals surface area contributed by atoms with Crippen LogP contribution in [0.1, 0.15) is 18.1 Å². The van der Waals surface area contributed by atoms with Gasteiger partial charge in [0.05, 0.1) is 0 Å². The molecule has 0 radical (unpaired) electrons. The predicted octanol–water partition coefficient (Wildman–Crippen LogP) is 3.32. The van der Waals surface area contributed by atoms with Gasteiger partial charge in [0.15, 0.2) is 5.11 Å². The first kappa shape index (κ1) is 18.2. The quantitative estimate of drug-likeness (QED) is 0.555. The summed E-state index contributed by atoms with van der Waals surface area (Å²) in [5.41, 5.74) is 3.67. The molecule has 3 amide bonds. The van der Waals surface area contributed by atoms with Crippen molar-refractivity contribution in [1.29, 1.82) is 0 Å².